The molecule has 4 nitrogen and oxygen atoms in total. The summed E-state index contributed by atoms with van der Waals surface area (Å²) in [5.41, 5.74) is 3.96. The Kier molecular flexibility index (Phi) is 6.54. The summed E-state index contributed by atoms with van der Waals surface area (Å²) in [5, 5.41) is 12.6. The Morgan fingerprint density at radius 1 is 1.12 bits per heavy atom. The fraction of sp³-hybridized carbons (Fsp3) is 0.444. The summed E-state index contributed by atoms with van der Waals surface area (Å²) >= 11 is 12.2. The molecular weight excluding hydrogens is 453 g/mol. The highest BCUT2D eigenvalue weighted by atomic mass is 35.5. The number of aryl methyl sites for hydroxylation is 1. The summed E-state index contributed by atoms with van der Waals surface area (Å²) in [6.45, 7) is 1.87. The SMILES string of the molecule is CN(CCCc1nc2cc(Cl)c(Cl)cc2[nH]1)CC[C@@]1(O)C[C@H]2CC[C@H]1C=C2c1ccccc1. The molecule has 3 aromatic rings. The highest BCUT2D eigenvalue weighted by Gasteiger charge is 2.46. The Labute approximate surface area is 205 Å². The van der Waals surface area contributed by atoms with Crippen LogP contribution in [-0.4, -0.2) is 45.7 Å². The lowest BCUT2D eigenvalue weighted by Gasteiger charge is -2.48. The van der Waals surface area contributed by atoms with Crippen LogP contribution >= 0.6 is 23.2 Å². The van der Waals surface area contributed by atoms with Gasteiger partial charge in [-0.15, -0.1) is 0 Å². The maximum atomic E-state index is 11.5. The maximum Gasteiger partial charge on any atom is 0.107 e. The molecule has 6 heteroatoms. The first-order chi connectivity index (χ1) is 15.9. The zero-order chi connectivity index (χ0) is 23.0. The quantitative estimate of drug-likeness (QED) is 0.391. The monoisotopic (exact) mass is 483 g/mol. The summed E-state index contributed by atoms with van der Waals surface area (Å²) < 4.78 is 0. The lowest BCUT2D eigenvalue weighted by molar-refractivity contribution is -0.0574. The number of hydrogen-bond donors (Lipinski definition) is 2. The van der Waals surface area contributed by atoms with Gasteiger partial charge in [0.15, 0.2) is 0 Å². The molecule has 3 aliphatic rings. The molecule has 3 atom stereocenters. The first-order valence-corrected chi connectivity index (χ1v) is 12.7. The molecule has 0 radical (unpaired) electrons. The zero-order valence-corrected chi connectivity index (χ0v) is 20.5. The van der Waals surface area contributed by atoms with E-state index in [0.29, 0.717) is 16.0 Å². The number of hydrogen-bond acceptors (Lipinski definition) is 3. The third-order valence-electron chi connectivity index (χ3n) is 7.50. The molecule has 0 saturated heterocycles. The molecule has 0 unspecified atom stereocenters. The van der Waals surface area contributed by atoms with Gasteiger partial charge in [0.05, 0.1) is 26.7 Å². The summed E-state index contributed by atoms with van der Waals surface area (Å²) in [7, 11) is 2.15. The van der Waals surface area contributed by atoms with Crippen LogP contribution in [0.15, 0.2) is 48.5 Å². The number of imidazole rings is 1. The highest BCUT2D eigenvalue weighted by molar-refractivity contribution is 6.42. The number of aromatic amines is 1. The van der Waals surface area contributed by atoms with Gasteiger partial charge >= 0.3 is 0 Å². The average molecular weight is 484 g/mol. The van der Waals surface area contributed by atoms with E-state index in [1.165, 1.54) is 17.6 Å². The summed E-state index contributed by atoms with van der Waals surface area (Å²) in [6, 6.07) is 14.3. The molecular formula is C27H31Cl2N3O. The van der Waals surface area contributed by atoms with Gasteiger partial charge in [-0.1, -0.05) is 59.6 Å². The van der Waals surface area contributed by atoms with E-state index < -0.39 is 5.60 Å². The minimum Gasteiger partial charge on any atom is -0.389 e. The molecule has 0 amide bonds. The lowest BCUT2D eigenvalue weighted by atomic mass is 9.61. The Morgan fingerprint density at radius 3 is 2.67 bits per heavy atom. The second-order valence-electron chi connectivity index (χ2n) is 9.80. The number of aliphatic hydroxyl groups is 1. The van der Waals surface area contributed by atoms with Gasteiger partial charge in [-0.05, 0) is 74.9 Å². The minimum absolute atomic E-state index is 0.264. The van der Waals surface area contributed by atoms with Gasteiger partial charge in [-0.3, -0.25) is 0 Å². The van der Waals surface area contributed by atoms with E-state index in [1.54, 1.807) is 0 Å². The molecule has 0 aliphatic heterocycles. The van der Waals surface area contributed by atoms with Crippen molar-refractivity contribution in [2.75, 3.05) is 20.1 Å². The molecule has 1 fully saturated rings. The molecule has 3 aliphatic carbocycles. The van der Waals surface area contributed by atoms with Crippen molar-refractivity contribution in [3.63, 3.8) is 0 Å². The molecule has 1 saturated carbocycles. The van der Waals surface area contributed by atoms with Crippen LogP contribution in [0.3, 0.4) is 0 Å². The Bertz CT molecular complexity index is 1120. The molecule has 2 bridgehead atoms. The Balaban J connectivity index is 1.13. The molecule has 33 heavy (non-hydrogen) atoms. The van der Waals surface area contributed by atoms with Crippen LogP contribution in [-0.2, 0) is 6.42 Å². The van der Waals surface area contributed by atoms with Crippen LogP contribution in [0.4, 0.5) is 0 Å². The van der Waals surface area contributed by atoms with E-state index in [-0.39, 0.29) is 5.92 Å². The van der Waals surface area contributed by atoms with Crippen molar-refractivity contribution in [2.45, 2.75) is 44.1 Å². The number of aromatic nitrogens is 2. The van der Waals surface area contributed by atoms with Crippen LogP contribution in [0.2, 0.25) is 10.0 Å². The lowest BCUT2D eigenvalue weighted by Crippen LogP contribution is -2.48. The van der Waals surface area contributed by atoms with Crippen molar-refractivity contribution in [2.24, 2.45) is 11.8 Å². The van der Waals surface area contributed by atoms with Crippen LogP contribution in [0.1, 0.15) is 43.5 Å². The van der Waals surface area contributed by atoms with E-state index in [9.17, 15) is 5.11 Å². The normalized spacial score (nSPS) is 24.6. The first-order valence-electron chi connectivity index (χ1n) is 11.9. The average Bonchev–Trinajstić information content (AvgIpc) is 3.20. The fourth-order valence-corrected chi connectivity index (χ4v) is 5.95. The van der Waals surface area contributed by atoms with E-state index in [1.807, 2.05) is 12.1 Å². The van der Waals surface area contributed by atoms with Crippen LogP contribution in [0.25, 0.3) is 16.6 Å². The Morgan fingerprint density at radius 2 is 1.91 bits per heavy atom. The van der Waals surface area contributed by atoms with Gasteiger partial charge in [0.2, 0.25) is 0 Å². The summed E-state index contributed by atoms with van der Waals surface area (Å²) in [4.78, 5) is 10.3. The van der Waals surface area contributed by atoms with Gasteiger partial charge in [-0.25, -0.2) is 4.98 Å². The number of rotatable bonds is 8. The van der Waals surface area contributed by atoms with Crippen molar-refractivity contribution in [1.82, 2.24) is 14.9 Å². The van der Waals surface area contributed by atoms with Crippen LogP contribution in [0.5, 0.6) is 0 Å². The molecule has 2 N–H and O–H groups in total. The van der Waals surface area contributed by atoms with Crippen molar-refractivity contribution in [3.05, 3.63) is 70.0 Å². The van der Waals surface area contributed by atoms with Crippen LogP contribution in [0, 0.1) is 11.8 Å². The van der Waals surface area contributed by atoms with Gasteiger partial charge in [-0.2, -0.15) is 0 Å². The molecule has 174 valence electrons. The predicted molar refractivity (Wildman–Crippen MR) is 137 cm³/mol. The minimum atomic E-state index is -0.577. The summed E-state index contributed by atoms with van der Waals surface area (Å²) in [5.74, 6) is 1.70. The van der Waals surface area contributed by atoms with Gasteiger partial charge < -0.3 is 15.0 Å². The second-order valence-corrected chi connectivity index (χ2v) is 10.6. The number of nitrogens with zero attached hydrogens (tertiary/aromatic N) is 2. The topological polar surface area (TPSA) is 52.2 Å². The van der Waals surface area contributed by atoms with E-state index in [4.69, 9.17) is 23.2 Å². The maximum absolute atomic E-state index is 11.5. The molecule has 0 spiro atoms. The van der Waals surface area contributed by atoms with Gasteiger partial charge in [0.1, 0.15) is 5.82 Å². The van der Waals surface area contributed by atoms with Crippen molar-refractivity contribution in [3.8, 4) is 0 Å². The molecule has 6 rings (SSSR count). The number of halogens is 2. The van der Waals surface area contributed by atoms with Crippen molar-refractivity contribution < 1.29 is 5.11 Å². The third-order valence-corrected chi connectivity index (χ3v) is 8.22. The zero-order valence-electron chi connectivity index (χ0n) is 19.0. The smallest absolute Gasteiger partial charge is 0.107 e. The first kappa shape index (κ1) is 22.9. The number of benzene rings is 2. The molecule has 1 heterocycles. The van der Waals surface area contributed by atoms with Crippen molar-refractivity contribution in [1.29, 1.82) is 0 Å². The second kappa shape index (κ2) is 9.42. The molecule has 2 aromatic carbocycles. The number of H-pyrrole nitrogens is 1. The standard InChI is InChI=1S/C27H31Cl2N3O/c1-32(12-5-8-26-30-24-15-22(28)23(29)16-25(24)31-26)13-11-27(33)17-19-9-10-20(27)14-21(19)18-6-3-2-4-7-18/h2-4,6-7,14-16,19-20,33H,5,8-13,17H2,1H3,(H,30,31)/t19-,20+,27-/m1/s1. The van der Waals surface area contributed by atoms with E-state index in [0.717, 1.165) is 62.1 Å². The number of nitrogens with one attached hydrogen (secondary N) is 1. The van der Waals surface area contributed by atoms with Crippen LogP contribution < -0.4 is 0 Å². The number of fused-ring (bicyclic) bond motifs is 3. The van der Waals surface area contributed by atoms with Gasteiger partial charge in [0.25, 0.3) is 0 Å². The van der Waals surface area contributed by atoms with E-state index >= 15 is 0 Å². The highest BCUT2D eigenvalue weighted by Crippen LogP contribution is 2.51. The predicted octanol–water partition coefficient (Wildman–Crippen LogP) is 6.37. The van der Waals surface area contributed by atoms with Crippen molar-refractivity contribution >= 4 is 39.8 Å². The summed E-state index contributed by atoms with van der Waals surface area (Å²) in [6.07, 6.45) is 8.24. The Hall–Kier alpha value is -1.85. The van der Waals surface area contributed by atoms with E-state index in [2.05, 4.69) is 58.3 Å². The number of allylic oxidation sites excluding steroid dienone is 1. The molecule has 1 aromatic heterocycles. The largest absolute Gasteiger partial charge is 0.389 e. The fourth-order valence-electron chi connectivity index (χ4n) is 5.63. The van der Waals surface area contributed by atoms with Gasteiger partial charge in [0, 0.05) is 18.9 Å². The third kappa shape index (κ3) is 4.85.